The molecule has 1 saturated carbocycles. The lowest BCUT2D eigenvalue weighted by atomic mass is 9.70. The van der Waals surface area contributed by atoms with Crippen molar-refractivity contribution in [3.05, 3.63) is 0 Å². The van der Waals surface area contributed by atoms with Crippen LogP contribution in [0.1, 0.15) is 58.8 Å². The Morgan fingerprint density at radius 3 is 3.00 bits per heavy atom. The van der Waals surface area contributed by atoms with Crippen LogP contribution >= 0.6 is 0 Å². The van der Waals surface area contributed by atoms with Gasteiger partial charge in [-0.25, -0.2) is 0 Å². The molecule has 0 aromatic rings. The molecule has 2 rings (SSSR count). The molecule has 0 amide bonds. The summed E-state index contributed by atoms with van der Waals surface area (Å²) in [4.78, 5) is 11.9. The van der Waals surface area contributed by atoms with Gasteiger partial charge in [0.05, 0.1) is 5.92 Å². The van der Waals surface area contributed by atoms with Crippen molar-refractivity contribution in [2.24, 2.45) is 11.3 Å². The molecule has 0 N–H and O–H groups in total. The minimum atomic E-state index is 0.0764. The van der Waals surface area contributed by atoms with E-state index in [4.69, 9.17) is 4.74 Å². The molecular weight excluding hydrogens is 188 g/mol. The van der Waals surface area contributed by atoms with Gasteiger partial charge in [-0.1, -0.05) is 20.3 Å². The summed E-state index contributed by atoms with van der Waals surface area (Å²) < 4.78 is 5.57. The van der Waals surface area contributed by atoms with Crippen molar-refractivity contribution in [2.45, 2.75) is 64.9 Å². The SMILES string of the molecule is CCCC1C[C@@]2(C)CCCC(C2)OC1=O. The quantitative estimate of drug-likeness (QED) is 0.654. The van der Waals surface area contributed by atoms with Gasteiger partial charge in [0.15, 0.2) is 0 Å². The highest BCUT2D eigenvalue weighted by Gasteiger charge is 2.41. The third-order valence-corrected chi connectivity index (χ3v) is 4.02. The lowest BCUT2D eigenvalue weighted by molar-refractivity contribution is -0.153. The van der Waals surface area contributed by atoms with Gasteiger partial charge in [0.1, 0.15) is 6.10 Å². The number of ether oxygens (including phenoxy) is 1. The van der Waals surface area contributed by atoms with Gasteiger partial charge < -0.3 is 4.74 Å². The molecule has 2 unspecified atom stereocenters. The molecule has 0 aromatic heterocycles. The maximum Gasteiger partial charge on any atom is 0.309 e. The van der Waals surface area contributed by atoms with Gasteiger partial charge >= 0.3 is 5.97 Å². The third-order valence-electron chi connectivity index (χ3n) is 4.02. The monoisotopic (exact) mass is 210 g/mol. The predicted molar refractivity (Wildman–Crippen MR) is 59.5 cm³/mol. The molecule has 1 aliphatic heterocycles. The van der Waals surface area contributed by atoms with E-state index in [1.807, 2.05) is 0 Å². The van der Waals surface area contributed by atoms with Crippen LogP contribution in [0.3, 0.4) is 0 Å². The van der Waals surface area contributed by atoms with E-state index in [0.717, 1.165) is 32.1 Å². The Hall–Kier alpha value is -0.530. The molecule has 3 atom stereocenters. The minimum Gasteiger partial charge on any atom is -0.462 e. The Balaban J connectivity index is 2.12. The van der Waals surface area contributed by atoms with Crippen LogP contribution < -0.4 is 0 Å². The number of rotatable bonds is 2. The zero-order valence-electron chi connectivity index (χ0n) is 9.92. The first-order valence-electron chi connectivity index (χ1n) is 6.33. The molecule has 0 aromatic carbocycles. The fourth-order valence-corrected chi connectivity index (χ4v) is 3.30. The Morgan fingerprint density at radius 2 is 2.27 bits per heavy atom. The highest BCUT2D eigenvalue weighted by molar-refractivity contribution is 5.73. The predicted octanol–water partition coefficient (Wildman–Crippen LogP) is 3.30. The first-order chi connectivity index (χ1) is 7.13. The zero-order chi connectivity index (χ0) is 10.9. The molecule has 0 radical (unpaired) electrons. The van der Waals surface area contributed by atoms with Crippen LogP contribution in [0.5, 0.6) is 0 Å². The lowest BCUT2D eigenvalue weighted by Gasteiger charge is -2.35. The van der Waals surface area contributed by atoms with Crippen LogP contribution in [0.15, 0.2) is 0 Å². The Bertz CT molecular complexity index is 249. The van der Waals surface area contributed by atoms with Crippen LogP contribution in [0.2, 0.25) is 0 Å². The maximum atomic E-state index is 11.9. The van der Waals surface area contributed by atoms with Crippen LogP contribution in [0.4, 0.5) is 0 Å². The molecule has 1 heterocycles. The Labute approximate surface area is 92.4 Å². The van der Waals surface area contributed by atoms with Crippen LogP contribution in [0.25, 0.3) is 0 Å². The molecule has 0 spiro atoms. The fourth-order valence-electron chi connectivity index (χ4n) is 3.30. The molecule has 2 aliphatic rings. The van der Waals surface area contributed by atoms with E-state index in [1.165, 1.54) is 12.8 Å². The summed E-state index contributed by atoms with van der Waals surface area (Å²) in [5.41, 5.74) is 0.370. The number of hydrogen-bond acceptors (Lipinski definition) is 2. The standard InChI is InChI=1S/C13H22O2/c1-3-5-10-8-13(2)7-4-6-11(9-13)15-12(10)14/h10-11H,3-9H2,1-2H3/t10?,11?,13-/m1/s1. The average molecular weight is 210 g/mol. The maximum absolute atomic E-state index is 11.9. The second-order valence-corrected chi connectivity index (χ2v) is 5.66. The number of hydrogen-bond donors (Lipinski definition) is 0. The molecule has 2 heteroatoms. The molecule has 15 heavy (non-hydrogen) atoms. The first kappa shape index (κ1) is 11.0. The summed E-state index contributed by atoms with van der Waals surface area (Å²) in [5.74, 6) is 0.246. The molecule has 2 bridgehead atoms. The molecule has 2 fully saturated rings. The minimum absolute atomic E-state index is 0.0764. The lowest BCUT2D eigenvalue weighted by Crippen LogP contribution is -2.28. The van der Waals surface area contributed by atoms with E-state index in [0.29, 0.717) is 5.41 Å². The fraction of sp³-hybridized carbons (Fsp3) is 0.923. The second-order valence-electron chi connectivity index (χ2n) is 5.66. The van der Waals surface area contributed by atoms with Gasteiger partial charge in [-0.05, 0) is 43.9 Å². The van der Waals surface area contributed by atoms with Gasteiger partial charge in [-0.3, -0.25) is 4.79 Å². The number of esters is 1. The molecule has 1 saturated heterocycles. The van der Waals surface area contributed by atoms with Crippen LogP contribution in [-0.4, -0.2) is 12.1 Å². The third kappa shape index (κ3) is 2.35. The van der Waals surface area contributed by atoms with Crippen LogP contribution in [-0.2, 0) is 9.53 Å². The van der Waals surface area contributed by atoms with E-state index >= 15 is 0 Å². The highest BCUT2D eigenvalue weighted by atomic mass is 16.5. The van der Waals surface area contributed by atoms with E-state index in [-0.39, 0.29) is 18.0 Å². The van der Waals surface area contributed by atoms with Gasteiger partial charge in [0, 0.05) is 0 Å². The highest BCUT2D eigenvalue weighted by Crippen LogP contribution is 2.45. The van der Waals surface area contributed by atoms with Crippen molar-refractivity contribution in [1.29, 1.82) is 0 Å². The summed E-state index contributed by atoms with van der Waals surface area (Å²) >= 11 is 0. The molecule has 86 valence electrons. The average Bonchev–Trinajstić information content (AvgIpc) is 2.23. The van der Waals surface area contributed by atoms with Crippen molar-refractivity contribution in [2.75, 3.05) is 0 Å². The van der Waals surface area contributed by atoms with Crippen LogP contribution in [0, 0.1) is 11.3 Å². The summed E-state index contributed by atoms with van der Waals surface area (Å²) in [6.07, 6.45) is 8.04. The summed E-state index contributed by atoms with van der Waals surface area (Å²) in [6, 6.07) is 0. The van der Waals surface area contributed by atoms with Crippen molar-refractivity contribution in [3.8, 4) is 0 Å². The van der Waals surface area contributed by atoms with E-state index in [2.05, 4.69) is 13.8 Å². The van der Waals surface area contributed by atoms with Gasteiger partial charge in [-0.2, -0.15) is 0 Å². The number of fused-ring (bicyclic) bond motifs is 2. The summed E-state index contributed by atoms with van der Waals surface area (Å²) in [6.45, 7) is 4.48. The van der Waals surface area contributed by atoms with Gasteiger partial charge in [0.25, 0.3) is 0 Å². The smallest absolute Gasteiger partial charge is 0.309 e. The van der Waals surface area contributed by atoms with Gasteiger partial charge in [-0.15, -0.1) is 0 Å². The van der Waals surface area contributed by atoms with Crippen molar-refractivity contribution >= 4 is 5.97 Å². The second kappa shape index (κ2) is 4.15. The topological polar surface area (TPSA) is 26.3 Å². The van der Waals surface area contributed by atoms with Crippen molar-refractivity contribution < 1.29 is 9.53 Å². The summed E-state index contributed by atoms with van der Waals surface area (Å²) in [7, 11) is 0. The summed E-state index contributed by atoms with van der Waals surface area (Å²) in [5, 5.41) is 0. The van der Waals surface area contributed by atoms with Gasteiger partial charge in [0.2, 0.25) is 0 Å². The zero-order valence-corrected chi connectivity index (χ0v) is 9.92. The van der Waals surface area contributed by atoms with Crippen molar-refractivity contribution in [3.63, 3.8) is 0 Å². The van der Waals surface area contributed by atoms with E-state index in [1.54, 1.807) is 0 Å². The van der Waals surface area contributed by atoms with Crippen molar-refractivity contribution in [1.82, 2.24) is 0 Å². The van der Waals surface area contributed by atoms with E-state index in [9.17, 15) is 4.79 Å². The molecule has 1 aliphatic carbocycles. The Morgan fingerprint density at radius 1 is 1.47 bits per heavy atom. The molecule has 2 nitrogen and oxygen atoms in total. The molecular formula is C13H22O2. The largest absolute Gasteiger partial charge is 0.462 e. The normalized spacial score (nSPS) is 40.8. The first-order valence-corrected chi connectivity index (χ1v) is 6.33. The van der Waals surface area contributed by atoms with E-state index < -0.39 is 0 Å². The Kier molecular flexibility index (Phi) is 3.03. The number of carbonyl (C=O) groups excluding carboxylic acids is 1. The number of carbonyl (C=O) groups is 1.